The Balaban J connectivity index is 2.40. The van der Waals surface area contributed by atoms with Gasteiger partial charge in [-0.3, -0.25) is 0 Å². The van der Waals surface area contributed by atoms with Crippen molar-refractivity contribution in [3.05, 3.63) is 65.2 Å². The molecule has 2 heteroatoms. The predicted molar refractivity (Wildman–Crippen MR) is 96.4 cm³/mol. The highest BCUT2D eigenvalue weighted by Gasteiger charge is 2.15. The van der Waals surface area contributed by atoms with Crippen molar-refractivity contribution in [3.8, 4) is 0 Å². The summed E-state index contributed by atoms with van der Waals surface area (Å²) in [4.78, 5) is 0.783. The fourth-order valence-electron chi connectivity index (χ4n) is 2.47. The van der Waals surface area contributed by atoms with Crippen LogP contribution in [0.15, 0.2) is 48.5 Å². The van der Waals surface area contributed by atoms with E-state index in [4.69, 9.17) is 12.2 Å². The Hall–Kier alpha value is -1.67. The molecular weight excluding hydrogens is 274 g/mol. The topological polar surface area (TPSA) is 12.0 Å². The lowest BCUT2D eigenvalue weighted by molar-refractivity contribution is 0.839. The lowest BCUT2D eigenvalue weighted by atomic mass is 9.92. The van der Waals surface area contributed by atoms with Gasteiger partial charge in [-0.1, -0.05) is 88.4 Å². The van der Waals surface area contributed by atoms with Crippen LogP contribution in [0.5, 0.6) is 0 Å². The molecule has 0 unspecified atom stereocenters. The monoisotopic (exact) mass is 297 g/mol. The highest BCUT2D eigenvalue weighted by Crippen LogP contribution is 2.32. The number of rotatable bonds is 4. The number of anilines is 1. The molecule has 0 saturated heterocycles. The Morgan fingerprint density at radius 1 is 0.810 bits per heavy atom. The molecular formula is C19H23NS. The number of para-hydroxylation sites is 1. The summed E-state index contributed by atoms with van der Waals surface area (Å²) in [6.07, 6.45) is 0. The van der Waals surface area contributed by atoms with Gasteiger partial charge >= 0.3 is 0 Å². The van der Waals surface area contributed by atoms with Crippen LogP contribution < -0.4 is 5.32 Å². The summed E-state index contributed by atoms with van der Waals surface area (Å²) >= 11 is 5.58. The smallest absolute Gasteiger partial charge is 0.110 e. The third kappa shape index (κ3) is 3.70. The van der Waals surface area contributed by atoms with Crippen LogP contribution in [-0.4, -0.2) is 4.99 Å². The van der Waals surface area contributed by atoms with Crippen LogP contribution in [0.25, 0.3) is 0 Å². The number of hydrogen-bond acceptors (Lipinski definition) is 1. The maximum atomic E-state index is 5.58. The summed E-state index contributed by atoms with van der Waals surface area (Å²) in [6.45, 7) is 8.87. The van der Waals surface area contributed by atoms with E-state index in [1.165, 1.54) is 16.8 Å². The highest BCUT2D eigenvalue weighted by atomic mass is 32.1. The van der Waals surface area contributed by atoms with E-state index in [0.717, 1.165) is 10.6 Å². The van der Waals surface area contributed by atoms with Gasteiger partial charge in [0.1, 0.15) is 4.99 Å². The SMILES string of the molecule is CC(C)c1cccc(C(C)C)c1NC(=S)c1ccccc1. The van der Waals surface area contributed by atoms with Gasteiger partial charge in [-0.15, -0.1) is 0 Å². The van der Waals surface area contributed by atoms with Crippen LogP contribution in [0.3, 0.4) is 0 Å². The van der Waals surface area contributed by atoms with Gasteiger partial charge in [0, 0.05) is 11.3 Å². The maximum Gasteiger partial charge on any atom is 0.110 e. The summed E-state index contributed by atoms with van der Waals surface area (Å²) in [5, 5.41) is 3.49. The van der Waals surface area contributed by atoms with Gasteiger partial charge in [0.2, 0.25) is 0 Å². The fourth-order valence-corrected chi connectivity index (χ4v) is 2.71. The van der Waals surface area contributed by atoms with Crippen molar-refractivity contribution >= 4 is 22.9 Å². The van der Waals surface area contributed by atoms with Crippen LogP contribution >= 0.6 is 12.2 Å². The molecule has 0 aliphatic rings. The van der Waals surface area contributed by atoms with E-state index in [-0.39, 0.29) is 0 Å². The second-order valence-corrected chi connectivity index (χ2v) is 6.35. The minimum absolute atomic E-state index is 0.463. The molecule has 1 nitrogen and oxygen atoms in total. The molecule has 0 aliphatic heterocycles. The molecule has 2 aromatic rings. The molecule has 2 aromatic carbocycles. The van der Waals surface area contributed by atoms with Crippen LogP contribution in [0, 0.1) is 0 Å². The molecule has 21 heavy (non-hydrogen) atoms. The van der Waals surface area contributed by atoms with Gasteiger partial charge in [-0.05, 0) is 23.0 Å². The van der Waals surface area contributed by atoms with E-state index in [1.807, 2.05) is 30.3 Å². The summed E-state index contributed by atoms with van der Waals surface area (Å²) in [5.41, 5.74) is 4.87. The molecule has 2 rings (SSSR count). The Kier molecular flexibility index (Phi) is 5.13. The minimum Gasteiger partial charge on any atom is -0.346 e. The summed E-state index contributed by atoms with van der Waals surface area (Å²) in [5.74, 6) is 0.926. The first kappa shape index (κ1) is 15.7. The Morgan fingerprint density at radius 3 is 1.81 bits per heavy atom. The van der Waals surface area contributed by atoms with Crippen LogP contribution in [-0.2, 0) is 0 Å². The molecule has 0 amide bonds. The van der Waals surface area contributed by atoms with Crippen LogP contribution in [0.2, 0.25) is 0 Å². The molecule has 0 radical (unpaired) electrons. The van der Waals surface area contributed by atoms with Crippen molar-refractivity contribution in [1.82, 2.24) is 0 Å². The fraction of sp³-hybridized carbons (Fsp3) is 0.316. The van der Waals surface area contributed by atoms with E-state index >= 15 is 0 Å². The first-order valence-electron chi connectivity index (χ1n) is 7.50. The van der Waals surface area contributed by atoms with Crippen molar-refractivity contribution < 1.29 is 0 Å². The third-order valence-electron chi connectivity index (χ3n) is 3.65. The minimum atomic E-state index is 0.463. The van der Waals surface area contributed by atoms with E-state index in [2.05, 4.69) is 51.2 Å². The van der Waals surface area contributed by atoms with Gasteiger partial charge in [0.15, 0.2) is 0 Å². The normalized spacial score (nSPS) is 11.0. The Labute approximate surface area is 133 Å². The standard InChI is InChI=1S/C19H23NS/c1-13(2)16-11-8-12-17(14(3)4)18(16)20-19(21)15-9-6-5-7-10-15/h5-14H,1-4H3,(H,20,21). The molecule has 1 N–H and O–H groups in total. The van der Waals surface area contributed by atoms with Gasteiger partial charge < -0.3 is 5.32 Å². The molecule has 110 valence electrons. The van der Waals surface area contributed by atoms with Crippen LogP contribution in [0.4, 0.5) is 5.69 Å². The van der Waals surface area contributed by atoms with E-state index in [1.54, 1.807) is 0 Å². The zero-order valence-electron chi connectivity index (χ0n) is 13.2. The summed E-state index contributed by atoms with van der Waals surface area (Å²) < 4.78 is 0. The predicted octanol–water partition coefficient (Wildman–Crippen LogP) is 5.72. The van der Waals surface area contributed by atoms with Gasteiger partial charge in [0.05, 0.1) is 0 Å². The second-order valence-electron chi connectivity index (χ2n) is 5.94. The number of benzene rings is 2. The highest BCUT2D eigenvalue weighted by molar-refractivity contribution is 7.81. The number of nitrogens with one attached hydrogen (secondary N) is 1. The second kappa shape index (κ2) is 6.86. The Morgan fingerprint density at radius 2 is 1.33 bits per heavy atom. The zero-order chi connectivity index (χ0) is 15.4. The first-order chi connectivity index (χ1) is 10.0. The molecule has 0 aromatic heterocycles. The molecule has 0 aliphatic carbocycles. The van der Waals surface area contributed by atoms with Gasteiger partial charge in [-0.2, -0.15) is 0 Å². The molecule has 0 heterocycles. The maximum absolute atomic E-state index is 5.58. The van der Waals surface area contributed by atoms with E-state index in [0.29, 0.717) is 11.8 Å². The largest absolute Gasteiger partial charge is 0.346 e. The first-order valence-corrected chi connectivity index (χ1v) is 7.90. The van der Waals surface area contributed by atoms with Crippen molar-refractivity contribution in [3.63, 3.8) is 0 Å². The van der Waals surface area contributed by atoms with Crippen molar-refractivity contribution in [1.29, 1.82) is 0 Å². The van der Waals surface area contributed by atoms with Crippen LogP contribution in [0.1, 0.15) is 56.2 Å². The number of hydrogen-bond donors (Lipinski definition) is 1. The van der Waals surface area contributed by atoms with E-state index in [9.17, 15) is 0 Å². The average Bonchev–Trinajstić information content (AvgIpc) is 2.47. The lowest BCUT2D eigenvalue weighted by Gasteiger charge is -2.21. The summed E-state index contributed by atoms with van der Waals surface area (Å²) in [7, 11) is 0. The van der Waals surface area contributed by atoms with Gasteiger partial charge in [-0.25, -0.2) is 0 Å². The lowest BCUT2D eigenvalue weighted by Crippen LogP contribution is -2.14. The van der Waals surface area contributed by atoms with Gasteiger partial charge in [0.25, 0.3) is 0 Å². The zero-order valence-corrected chi connectivity index (χ0v) is 14.0. The number of thiocarbonyl (C=S) groups is 1. The third-order valence-corrected chi connectivity index (χ3v) is 3.99. The average molecular weight is 297 g/mol. The molecule has 0 spiro atoms. The molecule has 0 saturated carbocycles. The quantitative estimate of drug-likeness (QED) is 0.724. The molecule has 0 atom stereocenters. The Bertz CT molecular complexity index is 588. The molecule has 0 fully saturated rings. The summed E-state index contributed by atoms with van der Waals surface area (Å²) in [6, 6.07) is 16.6. The molecule has 0 bridgehead atoms. The van der Waals surface area contributed by atoms with E-state index < -0.39 is 0 Å². The van der Waals surface area contributed by atoms with Crippen molar-refractivity contribution in [2.75, 3.05) is 5.32 Å². The van der Waals surface area contributed by atoms with Crippen molar-refractivity contribution in [2.24, 2.45) is 0 Å². The van der Waals surface area contributed by atoms with Crippen molar-refractivity contribution in [2.45, 2.75) is 39.5 Å².